The molecule has 0 saturated heterocycles. The lowest BCUT2D eigenvalue weighted by Gasteiger charge is -2.04. The zero-order valence-electron chi connectivity index (χ0n) is 15.8. The quantitative estimate of drug-likeness (QED) is 0.430. The molecule has 29 heavy (non-hydrogen) atoms. The normalized spacial score (nSPS) is 11.8. The molecule has 1 N–H and O–H groups in total. The largest absolute Gasteiger partial charge is 0.434 e. The molecule has 0 fully saturated rings. The lowest BCUT2D eigenvalue weighted by atomic mass is 10.0. The topological polar surface area (TPSA) is 72.5 Å². The minimum atomic E-state index is 0. The van der Waals surface area contributed by atoms with Gasteiger partial charge in [0, 0.05) is 13.4 Å². The first-order valence-electron chi connectivity index (χ1n) is 9.60. The van der Waals surface area contributed by atoms with E-state index in [9.17, 15) is 0 Å². The van der Waals surface area contributed by atoms with Crippen LogP contribution in [0.3, 0.4) is 0 Å². The van der Waals surface area contributed by atoms with Crippen molar-refractivity contribution >= 4 is 33.0 Å². The van der Waals surface area contributed by atoms with E-state index >= 15 is 0 Å². The Balaban J connectivity index is 0.00000193. The van der Waals surface area contributed by atoms with E-state index in [-0.39, 0.29) is 1.43 Å². The Hall–Kier alpha value is -3.93. The maximum Gasteiger partial charge on any atom is 0.264 e. The van der Waals surface area contributed by atoms with Crippen LogP contribution in [0.2, 0.25) is 0 Å². The van der Waals surface area contributed by atoms with Gasteiger partial charge in [-0.1, -0.05) is 30.3 Å². The van der Waals surface area contributed by atoms with Crippen LogP contribution in [0.4, 0.5) is 0 Å². The highest BCUT2D eigenvalue weighted by molar-refractivity contribution is 5.87. The first-order valence-corrected chi connectivity index (χ1v) is 9.60. The van der Waals surface area contributed by atoms with Gasteiger partial charge >= 0.3 is 0 Å². The van der Waals surface area contributed by atoms with Crippen molar-refractivity contribution in [3.8, 4) is 22.8 Å². The van der Waals surface area contributed by atoms with Gasteiger partial charge in [-0.25, -0.2) is 9.97 Å². The van der Waals surface area contributed by atoms with Crippen LogP contribution in [0.1, 0.15) is 8.35 Å². The molecule has 3 aromatic heterocycles. The number of aryl methyl sites for hydroxylation is 1. The first-order chi connectivity index (χ1) is 14.3. The number of benzene rings is 3. The van der Waals surface area contributed by atoms with Crippen molar-refractivity contribution < 1.29 is 5.84 Å². The van der Waals surface area contributed by atoms with Gasteiger partial charge in [-0.05, 0) is 48.4 Å². The van der Waals surface area contributed by atoms with Gasteiger partial charge in [0.25, 0.3) is 5.89 Å². The van der Waals surface area contributed by atoms with Crippen LogP contribution < -0.4 is 0 Å². The number of imidazole rings is 1. The molecule has 0 unspecified atom stereocenters. The Bertz CT molecular complexity index is 1480. The molecule has 0 saturated carbocycles. The maximum absolute atomic E-state index is 6.04. The van der Waals surface area contributed by atoms with E-state index in [1.807, 2.05) is 47.3 Å². The Morgan fingerprint density at radius 2 is 1.83 bits per heavy atom. The van der Waals surface area contributed by atoms with Crippen molar-refractivity contribution in [2.24, 2.45) is 0 Å². The lowest BCUT2D eigenvalue weighted by molar-refractivity contribution is 0.614. The van der Waals surface area contributed by atoms with Crippen LogP contribution in [-0.4, -0.2) is 24.7 Å². The van der Waals surface area contributed by atoms with Crippen molar-refractivity contribution in [2.45, 2.75) is 13.5 Å². The molecule has 0 spiro atoms. The van der Waals surface area contributed by atoms with E-state index < -0.39 is 0 Å². The smallest absolute Gasteiger partial charge is 0.264 e. The average molecular weight is 381 g/mol. The number of rotatable bonds is 3. The van der Waals surface area contributed by atoms with Crippen LogP contribution >= 0.6 is 0 Å². The summed E-state index contributed by atoms with van der Waals surface area (Å²) in [6, 6.07) is 20.4. The van der Waals surface area contributed by atoms with Gasteiger partial charge in [-0.3, -0.25) is 4.68 Å². The molecular weight excluding hydrogens is 362 g/mol. The van der Waals surface area contributed by atoms with Crippen LogP contribution in [0.5, 0.6) is 0 Å². The molecule has 6 aromatic rings. The summed E-state index contributed by atoms with van der Waals surface area (Å²) in [5, 5.41) is 5.57. The number of hydrogen-bond donors (Lipinski definition) is 1. The van der Waals surface area contributed by atoms with E-state index in [0.29, 0.717) is 11.7 Å². The summed E-state index contributed by atoms with van der Waals surface area (Å²) < 4.78 is 8.05. The number of H-pyrrole nitrogens is 1. The molecule has 0 aliphatic rings. The van der Waals surface area contributed by atoms with Gasteiger partial charge in [0.2, 0.25) is 0 Å². The fraction of sp³-hybridized carbons (Fsp3) is 0.0870. The SMILES string of the molecule is CCn1ncc2ccc(-c3ccc4nc(-c5nc6ccccc6[nH]5)oc4c3)cc21.[HH]. The predicted octanol–water partition coefficient (Wildman–Crippen LogP) is 5.65. The molecule has 6 heteroatoms. The molecule has 0 amide bonds. The zero-order valence-corrected chi connectivity index (χ0v) is 15.8. The molecule has 6 nitrogen and oxygen atoms in total. The van der Waals surface area contributed by atoms with Crippen molar-refractivity contribution in [1.82, 2.24) is 24.7 Å². The fourth-order valence-electron chi connectivity index (χ4n) is 3.76. The van der Waals surface area contributed by atoms with E-state index in [1.165, 1.54) is 0 Å². The molecule has 0 atom stereocenters. The third-order valence-electron chi connectivity index (χ3n) is 5.26. The number of fused-ring (bicyclic) bond motifs is 3. The number of aromatic nitrogens is 5. The number of para-hydroxylation sites is 2. The number of aromatic amines is 1. The molecule has 0 bridgehead atoms. The number of nitrogens with zero attached hydrogens (tertiary/aromatic N) is 4. The van der Waals surface area contributed by atoms with Crippen LogP contribution in [0.25, 0.3) is 55.9 Å². The summed E-state index contributed by atoms with van der Waals surface area (Å²) in [6.07, 6.45) is 1.90. The van der Waals surface area contributed by atoms with Crippen LogP contribution in [0, 0.1) is 0 Å². The summed E-state index contributed by atoms with van der Waals surface area (Å²) in [5.41, 5.74) is 6.74. The van der Waals surface area contributed by atoms with E-state index in [0.717, 1.165) is 50.7 Å². The van der Waals surface area contributed by atoms with Crippen LogP contribution in [0.15, 0.2) is 71.3 Å². The lowest BCUT2D eigenvalue weighted by Crippen LogP contribution is -1.95. The zero-order chi connectivity index (χ0) is 19.4. The minimum absolute atomic E-state index is 0. The number of nitrogens with one attached hydrogen (secondary N) is 1. The Morgan fingerprint density at radius 1 is 0.966 bits per heavy atom. The predicted molar refractivity (Wildman–Crippen MR) is 116 cm³/mol. The van der Waals surface area contributed by atoms with Crippen LogP contribution in [-0.2, 0) is 6.54 Å². The molecule has 0 aliphatic carbocycles. The molecule has 3 heterocycles. The highest BCUT2D eigenvalue weighted by atomic mass is 16.3. The summed E-state index contributed by atoms with van der Waals surface area (Å²) in [6.45, 7) is 2.94. The van der Waals surface area contributed by atoms with E-state index in [2.05, 4.69) is 51.2 Å². The van der Waals surface area contributed by atoms with Gasteiger partial charge in [0.15, 0.2) is 11.4 Å². The molecule has 0 aliphatic heterocycles. The molecular formula is C23H19N5O. The van der Waals surface area contributed by atoms with Gasteiger partial charge in [-0.2, -0.15) is 5.10 Å². The minimum Gasteiger partial charge on any atom is -0.434 e. The number of hydrogen-bond acceptors (Lipinski definition) is 4. The monoisotopic (exact) mass is 381 g/mol. The third kappa shape index (κ3) is 2.53. The fourth-order valence-corrected chi connectivity index (χ4v) is 3.76. The summed E-state index contributed by atoms with van der Waals surface area (Å²) in [7, 11) is 0. The third-order valence-corrected chi connectivity index (χ3v) is 5.26. The van der Waals surface area contributed by atoms with Crippen molar-refractivity contribution in [3.05, 3.63) is 66.9 Å². The maximum atomic E-state index is 6.04. The second-order valence-corrected chi connectivity index (χ2v) is 7.04. The molecule has 142 valence electrons. The van der Waals surface area contributed by atoms with Crippen molar-refractivity contribution in [3.63, 3.8) is 0 Å². The van der Waals surface area contributed by atoms with Gasteiger partial charge < -0.3 is 9.40 Å². The second kappa shape index (κ2) is 6.04. The highest BCUT2D eigenvalue weighted by Gasteiger charge is 2.13. The highest BCUT2D eigenvalue weighted by Crippen LogP contribution is 2.30. The molecule has 6 rings (SSSR count). The Morgan fingerprint density at radius 3 is 2.72 bits per heavy atom. The van der Waals surface area contributed by atoms with E-state index in [1.54, 1.807) is 0 Å². The summed E-state index contributed by atoms with van der Waals surface area (Å²) in [4.78, 5) is 12.5. The number of oxazole rings is 1. The average Bonchev–Trinajstić information content (AvgIpc) is 3.47. The van der Waals surface area contributed by atoms with Crippen molar-refractivity contribution in [1.29, 1.82) is 0 Å². The summed E-state index contributed by atoms with van der Waals surface area (Å²) in [5.74, 6) is 1.13. The molecule has 0 radical (unpaired) electrons. The second-order valence-electron chi connectivity index (χ2n) is 7.04. The van der Waals surface area contributed by atoms with Gasteiger partial charge in [-0.15, -0.1) is 0 Å². The Kier molecular flexibility index (Phi) is 3.34. The van der Waals surface area contributed by atoms with Gasteiger partial charge in [0.05, 0.1) is 22.7 Å². The van der Waals surface area contributed by atoms with E-state index in [4.69, 9.17) is 4.42 Å². The first kappa shape index (κ1) is 16.1. The molecule has 3 aromatic carbocycles. The van der Waals surface area contributed by atoms with Crippen molar-refractivity contribution in [2.75, 3.05) is 0 Å². The van der Waals surface area contributed by atoms with Gasteiger partial charge in [0.1, 0.15) is 5.52 Å². The summed E-state index contributed by atoms with van der Waals surface area (Å²) >= 11 is 0. The Labute approximate surface area is 167 Å². The standard InChI is InChI=1S/C23H17N5O.H2/c1-2-28-20-11-14(7-8-16(20)13-24-28)15-9-10-19-21(12-15)29-23(27-19)22-25-17-5-3-4-6-18(17)26-22;/h3-13H,2H2,1H3,(H,25,26);1H.